The van der Waals surface area contributed by atoms with Gasteiger partial charge in [0.25, 0.3) is 0 Å². The first-order valence-electron chi connectivity index (χ1n) is 10.6. The normalized spacial score (nSPS) is 55.6. The maximum atomic E-state index is 4.05. The summed E-state index contributed by atoms with van der Waals surface area (Å²) in [6.07, 6.45) is 17.2. The van der Waals surface area contributed by atoms with Crippen LogP contribution in [0.2, 0.25) is 0 Å². The fourth-order valence-electron chi connectivity index (χ4n) is 8.17. The first-order chi connectivity index (χ1) is 11.0. The summed E-state index contributed by atoms with van der Waals surface area (Å²) < 4.78 is 0. The number of fused-ring (bicyclic) bond motifs is 5. The van der Waals surface area contributed by atoms with E-state index in [0.29, 0.717) is 10.8 Å². The first kappa shape index (κ1) is 16.2. The zero-order chi connectivity index (χ0) is 16.2. The number of hydrogen-bond donors (Lipinski definition) is 0. The van der Waals surface area contributed by atoms with Gasteiger partial charge in [0.15, 0.2) is 0 Å². The van der Waals surface area contributed by atoms with Crippen LogP contribution >= 0.6 is 0 Å². The predicted molar refractivity (Wildman–Crippen MR) is 99.2 cm³/mol. The molecule has 0 nitrogen and oxygen atoms in total. The van der Waals surface area contributed by atoms with Crippen LogP contribution in [0.15, 0.2) is 12.7 Å². The Morgan fingerprint density at radius 3 is 2.43 bits per heavy atom. The molecule has 0 aromatic carbocycles. The molecule has 4 aliphatic carbocycles. The summed E-state index contributed by atoms with van der Waals surface area (Å²) >= 11 is 0. The van der Waals surface area contributed by atoms with Crippen LogP contribution in [0.3, 0.4) is 0 Å². The minimum absolute atomic E-state index is 0.639. The third-order valence-corrected chi connectivity index (χ3v) is 9.58. The van der Waals surface area contributed by atoms with Crippen LogP contribution in [0, 0.1) is 46.3 Å². The van der Waals surface area contributed by atoms with Gasteiger partial charge < -0.3 is 0 Å². The molecule has 4 rings (SSSR count). The minimum atomic E-state index is 0.639. The molecular formula is C23H38. The SMILES string of the molecule is C=CCC1CCC2C3CCC4CC(C)CCC4(C)C3CCC12C. The zero-order valence-corrected chi connectivity index (χ0v) is 15.8. The van der Waals surface area contributed by atoms with Crippen LogP contribution in [0.25, 0.3) is 0 Å². The van der Waals surface area contributed by atoms with E-state index < -0.39 is 0 Å². The van der Waals surface area contributed by atoms with Crippen molar-refractivity contribution in [3.05, 3.63) is 12.7 Å². The van der Waals surface area contributed by atoms with E-state index in [9.17, 15) is 0 Å². The van der Waals surface area contributed by atoms with Crippen LogP contribution in [0.4, 0.5) is 0 Å². The first-order valence-corrected chi connectivity index (χ1v) is 10.6. The van der Waals surface area contributed by atoms with Gasteiger partial charge in [-0.15, -0.1) is 6.58 Å². The van der Waals surface area contributed by atoms with Crippen LogP contribution in [0.1, 0.15) is 85.0 Å². The van der Waals surface area contributed by atoms with E-state index in [1.165, 1.54) is 51.4 Å². The Hall–Kier alpha value is -0.260. The highest BCUT2D eigenvalue weighted by Crippen LogP contribution is 2.68. The number of rotatable bonds is 2. The maximum absolute atomic E-state index is 4.05. The zero-order valence-electron chi connectivity index (χ0n) is 15.8. The Labute approximate surface area is 144 Å². The monoisotopic (exact) mass is 314 g/mol. The quantitative estimate of drug-likeness (QED) is 0.488. The van der Waals surface area contributed by atoms with Gasteiger partial charge in [0, 0.05) is 0 Å². The number of allylic oxidation sites excluding steroid dienone is 1. The lowest BCUT2D eigenvalue weighted by molar-refractivity contribution is -0.116. The fourth-order valence-corrected chi connectivity index (χ4v) is 8.17. The molecule has 8 atom stereocenters. The summed E-state index contributed by atoms with van der Waals surface area (Å²) in [5.41, 5.74) is 1.33. The average molecular weight is 315 g/mol. The van der Waals surface area contributed by atoms with E-state index in [-0.39, 0.29) is 0 Å². The van der Waals surface area contributed by atoms with Gasteiger partial charge in [0.1, 0.15) is 0 Å². The third kappa shape index (κ3) is 2.30. The molecule has 0 bridgehead atoms. The van der Waals surface area contributed by atoms with Crippen molar-refractivity contribution in [2.24, 2.45) is 46.3 Å². The Morgan fingerprint density at radius 1 is 0.913 bits per heavy atom. The molecule has 8 unspecified atom stereocenters. The molecule has 0 saturated heterocycles. The Bertz CT molecular complexity index is 465. The van der Waals surface area contributed by atoms with Gasteiger partial charge in [-0.25, -0.2) is 0 Å². The predicted octanol–water partition coefficient (Wildman–Crippen LogP) is 6.86. The molecule has 0 N–H and O–H groups in total. The highest BCUT2D eigenvalue weighted by molar-refractivity contribution is 5.09. The summed E-state index contributed by atoms with van der Waals surface area (Å²) in [7, 11) is 0. The lowest BCUT2D eigenvalue weighted by Crippen LogP contribution is -2.53. The second-order valence-electron chi connectivity index (χ2n) is 10.4. The van der Waals surface area contributed by atoms with Crippen molar-refractivity contribution >= 4 is 0 Å². The standard InChI is InChI=1S/C23H38/c1-5-6-17-8-10-20-19-9-7-18-15-16(2)11-13-23(18,4)21(19)12-14-22(17,20)3/h5,16-21H,1,6-15H2,2-4H3. The molecule has 0 aromatic heterocycles. The third-order valence-electron chi connectivity index (χ3n) is 9.58. The fraction of sp³-hybridized carbons (Fsp3) is 0.913. The van der Waals surface area contributed by atoms with Crippen molar-refractivity contribution in [2.45, 2.75) is 85.0 Å². The summed E-state index contributed by atoms with van der Waals surface area (Å²) in [6, 6.07) is 0. The van der Waals surface area contributed by atoms with E-state index in [0.717, 1.165) is 35.5 Å². The van der Waals surface area contributed by atoms with E-state index in [1.807, 2.05) is 0 Å². The largest absolute Gasteiger partial charge is 0.103 e. The molecule has 130 valence electrons. The molecule has 23 heavy (non-hydrogen) atoms. The highest BCUT2D eigenvalue weighted by atomic mass is 14.6. The van der Waals surface area contributed by atoms with Gasteiger partial charge in [-0.3, -0.25) is 0 Å². The van der Waals surface area contributed by atoms with Gasteiger partial charge in [-0.1, -0.05) is 33.3 Å². The van der Waals surface area contributed by atoms with Gasteiger partial charge in [-0.05, 0) is 104 Å². The number of hydrogen-bond acceptors (Lipinski definition) is 0. The minimum Gasteiger partial charge on any atom is -0.103 e. The van der Waals surface area contributed by atoms with Crippen molar-refractivity contribution < 1.29 is 0 Å². The van der Waals surface area contributed by atoms with Crippen molar-refractivity contribution in [3.63, 3.8) is 0 Å². The van der Waals surface area contributed by atoms with Crippen molar-refractivity contribution in [1.82, 2.24) is 0 Å². The van der Waals surface area contributed by atoms with E-state index in [4.69, 9.17) is 0 Å². The van der Waals surface area contributed by atoms with Crippen molar-refractivity contribution in [2.75, 3.05) is 0 Å². The highest BCUT2D eigenvalue weighted by Gasteiger charge is 2.59. The van der Waals surface area contributed by atoms with Gasteiger partial charge in [0.2, 0.25) is 0 Å². The summed E-state index contributed by atoms with van der Waals surface area (Å²) in [6.45, 7) is 11.9. The maximum Gasteiger partial charge on any atom is -0.0263 e. The van der Waals surface area contributed by atoms with Gasteiger partial charge >= 0.3 is 0 Å². The second kappa shape index (κ2) is 5.63. The van der Waals surface area contributed by atoms with Crippen LogP contribution in [-0.4, -0.2) is 0 Å². The smallest absolute Gasteiger partial charge is 0.0263 e. The molecule has 0 heterocycles. The molecule has 0 amide bonds. The lowest BCUT2D eigenvalue weighted by Gasteiger charge is -2.61. The topological polar surface area (TPSA) is 0 Å². The summed E-state index contributed by atoms with van der Waals surface area (Å²) in [5.74, 6) is 6.10. The van der Waals surface area contributed by atoms with Gasteiger partial charge in [-0.2, -0.15) is 0 Å². The summed E-state index contributed by atoms with van der Waals surface area (Å²) in [5, 5.41) is 0. The molecule has 4 aliphatic rings. The molecule has 4 saturated carbocycles. The van der Waals surface area contributed by atoms with Crippen LogP contribution in [0.5, 0.6) is 0 Å². The Morgan fingerprint density at radius 2 is 1.65 bits per heavy atom. The lowest BCUT2D eigenvalue weighted by atomic mass is 9.44. The van der Waals surface area contributed by atoms with Crippen LogP contribution in [-0.2, 0) is 0 Å². The second-order valence-corrected chi connectivity index (χ2v) is 10.4. The molecule has 0 aliphatic heterocycles. The molecule has 0 spiro atoms. The van der Waals surface area contributed by atoms with Crippen LogP contribution < -0.4 is 0 Å². The molecule has 0 radical (unpaired) electrons. The molecule has 0 heteroatoms. The molecular weight excluding hydrogens is 276 g/mol. The van der Waals surface area contributed by atoms with E-state index in [1.54, 1.807) is 12.8 Å². The Kier molecular flexibility index (Phi) is 3.97. The van der Waals surface area contributed by atoms with Crippen molar-refractivity contribution in [1.29, 1.82) is 0 Å². The van der Waals surface area contributed by atoms with E-state index >= 15 is 0 Å². The molecule has 0 aromatic rings. The van der Waals surface area contributed by atoms with E-state index in [2.05, 4.69) is 33.4 Å². The van der Waals surface area contributed by atoms with Crippen molar-refractivity contribution in [3.8, 4) is 0 Å². The van der Waals surface area contributed by atoms with Gasteiger partial charge in [0.05, 0.1) is 0 Å². The average Bonchev–Trinajstić information content (AvgIpc) is 2.85. The molecule has 4 fully saturated rings. The summed E-state index contributed by atoms with van der Waals surface area (Å²) in [4.78, 5) is 0. The Balaban J connectivity index is 1.59.